The molecule has 1 aliphatic rings. The van der Waals surface area contributed by atoms with Gasteiger partial charge in [-0.3, -0.25) is 5.10 Å². The molecule has 3 heterocycles. The number of nitrogens with one attached hydrogen (secondary N) is 2. The van der Waals surface area contributed by atoms with Crippen molar-refractivity contribution in [1.29, 1.82) is 0 Å². The Labute approximate surface area is 103 Å². The zero-order chi connectivity index (χ0) is 11.7. The van der Waals surface area contributed by atoms with Crippen LogP contribution in [0, 0.1) is 0 Å². The monoisotopic (exact) mass is 250 g/mol. The Morgan fingerprint density at radius 1 is 1.35 bits per heavy atom. The summed E-state index contributed by atoms with van der Waals surface area (Å²) < 4.78 is 0. The van der Waals surface area contributed by atoms with E-state index in [9.17, 15) is 0 Å². The minimum atomic E-state index is 0.634. The van der Waals surface area contributed by atoms with Gasteiger partial charge < -0.3 is 10.2 Å². The molecule has 7 heteroatoms. The lowest BCUT2D eigenvalue weighted by atomic mass is 10.3. The summed E-state index contributed by atoms with van der Waals surface area (Å²) in [6, 6.07) is 0. The van der Waals surface area contributed by atoms with Crippen molar-refractivity contribution in [3.8, 4) is 0 Å². The van der Waals surface area contributed by atoms with Gasteiger partial charge in [0.05, 0.1) is 11.6 Å². The molecular weight excluding hydrogens is 236 g/mol. The van der Waals surface area contributed by atoms with Crippen LogP contribution in [0.25, 0.3) is 11.0 Å². The summed E-state index contributed by atoms with van der Waals surface area (Å²) in [7, 11) is 1.83. The second-order valence-corrected chi connectivity index (χ2v) is 5.08. The molecule has 0 spiro atoms. The minimum absolute atomic E-state index is 0.634. The van der Waals surface area contributed by atoms with Gasteiger partial charge in [-0.05, 0) is 0 Å². The Kier molecular flexibility index (Phi) is 2.76. The average Bonchev–Trinajstić information content (AvgIpc) is 2.86. The maximum atomic E-state index is 4.55. The van der Waals surface area contributed by atoms with E-state index in [1.807, 2.05) is 18.8 Å². The molecule has 1 aliphatic heterocycles. The Morgan fingerprint density at radius 2 is 2.18 bits per heavy atom. The maximum absolute atomic E-state index is 4.55. The molecule has 6 nitrogen and oxygen atoms in total. The molecule has 90 valence electrons. The lowest BCUT2D eigenvalue weighted by molar-refractivity contribution is 0.843. The van der Waals surface area contributed by atoms with Gasteiger partial charge in [0, 0.05) is 31.6 Å². The molecule has 0 radical (unpaired) electrons. The second-order valence-electron chi connectivity index (χ2n) is 3.85. The highest BCUT2D eigenvalue weighted by Crippen LogP contribution is 2.25. The second kappa shape index (κ2) is 4.40. The van der Waals surface area contributed by atoms with Crippen LogP contribution in [0.1, 0.15) is 0 Å². The summed E-state index contributed by atoms with van der Waals surface area (Å²) in [5.41, 5.74) is 0.789. The third kappa shape index (κ3) is 1.90. The zero-order valence-electron chi connectivity index (χ0n) is 9.60. The summed E-state index contributed by atoms with van der Waals surface area (Å²) in [4.78, 5) is 11.2. The summed E-state index contributed by atoms with van der Waals surface area (Å²) in [5.74, 6) is 3.92. The van der Waals surface area contributed by atoms with Crippen molar-refractivity contribution < 1.29 is 0 Å². The van der Waals surface area contributed by atoms with E-state index in [0.29, 0.717) is 5.95 Å². The number of rotatable bonds is 2. The summed E-state index contributed by atoms with van der Waals surface area (Å²) >= 11 is 1.99. The standard InChI is InChI=1S/C10H14N6S/c1-11-10-13-8-7(6-12-15-8)9(14-10)16-2-4-17-5-3-16/h6H,2-5H2,1H3,(H2,11,12,13,14,15). The molecule has 3 rings (SSSR count). The van der Waals surface area contributed by atoms with E-state index in [4.69, 9.17) is 0 Å². The van der Waals surface area contributed by atoms with Crippen LogP contribution in [0.5, 0.6) is 0 Å². The fraction of sp³-hybridized carbons (Fsp3) is 0.500. The van der Waals surface area contributed by atoms with Crippen LogP contribution >= 0.6 is 11.8 Å². The molecule has 2 aromatic heterocycles. The molecule has 0 atom stereocenters. The number of hydrogen-bond donors (Lipinski definition) is 2. The van der Waals surface area contributed by atoms with Crippen molar-refractivity contribution in [2.45, 2.75) is 0 Å². The first-order valence-corrected chi connectivity index (χ1v) is 6.75. The number of aromatic amines is 1. The Hall–Kier alpha value is -1.50. The molecule has 0 aliphatic carbocycles. The van der Waals surface area contributed by atoms with E-state index in [1.165, 1.54) is 0 Å². The quantitative estimate of drug-likeness (QED) is 0.827. The van der Waals surface area contributed by atoms with E-state index in [0.717, 1.165) is 41.4 Å². The van der Waals surface area contributed by atoms with Crippen LogP contribution in [-0.4, -0.2) is 51.8 Å². The fourth-order valence-electron chi connectivity index (χ4n) is 1.95. The first-order valence-electron chi connectivity index (χ1n) is 5.60. The highest BCUT2D eigenvalue weighted by Gasteiger charge is 2.17. The van der Waals surface area contributed by atoms with Crippen LogP contribution in [0.15, 0.2) is 6.20 Å². The molecule has 1 fully saturated rings. The van der Waals surface area contributed by atoms with Gasteiger partial charge >= 0.3 is 0 Å². The predicted molar refractivity (Wildman–Crippen MR) is 70.8 cm³/mol. The number of aromatic nitrogens is 4. The van der Waals surface area contributed by atoms with Crippen molar-refractivity contribution in [1.82, 2.24) is 20.2 Å². The zero-order valence-corrected chi connectivity index (χ0v) is 10.4. The van der Waals surface area contributed by atoms with Crippen LogP contribution in [0.4, 0.5) is 11.8 Å². The highest BCUT2D eigenvalue weighted by molar-refractivity contribution is 7.99. The van der Waals surface area contributed by atoms with Crippen molar-refractivity contribution >= 4 is 34.6 Å². The molecular formula is C10H14N6S. The third-order valence-electron chi connectivity index (χ3n) is 2.82. The molecule has 0 saturated carbocycles. The van der Waals surface area contributed by atoms with Gasteiger partial charge in [-0.2, -0.15) is 26.8 Å². The molecule has 2 aromatic rings. The van der Waals surface area contributed by atoms with Crippen molar-refractivity contribution in [2.75, 3.05) is 41.9 Å². The normalized spacial score (nSPS) is 16.4. The molecule has 0 unspecified atom stereocenters. The van der Waals surface area contributed by atoms with Crippen LogP contribution in [0.3, 0.4) is 0 Å². The third-order valence-corrected chi connectivity index (χ3v) is 3.77. The molecule has 0 aromatic carbocycles. The molecule has 2 N–H and O–H groups in total. The summed E-state index contributed by atoms with van der Waals surface area (Å²) in [6.45, 7) is 2.07. The molecule has 17 heavy (non-hydrogen) atoms. The van der Waals surface area contributed by atoms with E-state index < -0.39 is 0 Å². The number of nitrogens with zero attached hydrogens (tertiary/aromatic N) is 4. The molecule has 1 saturated heterocycles. The Bertz CT molecular complexity index is 518. The minimum Gasteiger partial charge on any atom is -0.357 e. The number of thioether (sulfide) groups is 1. The van der Waals surface area contributed by atoms with Gasteiger partial charge in [-0.25, -0.2) is 0 Å². The van der Waals surface area contributed by atoms with Gasteiger partial charge in [-0.15, -0.1) is 0 Å². The maximum Gasteiger partial charge on any atom is 0.226 e. The van der Waals surface area contributed by atoms with Crippen molar-refractivity contribution in [3.05, 3.63) is 6.20 Å². The molecule has 0 amide bonds. The summed E-state index contributed by atoms with van der Waals surface area (Å²) in [5, 5.41) is 10.9. The van der Waals surface area contributed by atoms with Gasteiger partial charge in [0.15, 0.2) is 5.65 Å². The van der Waals surface area contributed by atoms with Gasteiger partial charge in [0.1, 0.15) is 5.82 Å². The van der Waals surface area contributed by atoms with Crippen LogP contribution in [-0.2, 0) is 0 Å². The van der Waals surface area contributed by atoms with Crippen molar-refractivity contribution in [3.63, 3.8) is 0 Å². The van der Waals surface area contributed by atoms with E-state index in [2.05, 4.69) is 30.4 Å². The SMILES string of the molecule is CNc1nc(N2CCSCC2)c2cn[nH]c2n1. The molecule has 0 bridgehead atoms. The van der Waals surface area contributed by atoms with E-state index >= 15 is 0 Å². The summed E-state index contributed by atoms with van der Waals surface area (Å²) in [6.07, 6.45) is 1.80. The van der Waals surface area contributed by atoms with E-state index in [-0.39, 0.29) is 0 Å². The van der Waals surface area contributed by atoms with Gasteiger partial charge in [0.2, 0.25) is 5.95 Å². The van der Waals surface area contributed by atoms with Crippen LogP contribution in [0.2, 0.25) is 0 Å². The number of hydrogen-bond acceptors (Lipinski definition) is 6. The number of fused-ring (bicyclic) bond motifs is 1. The average molecular weight is 250 g/mol. The number of H-pyrrole nitrogens is 1. The number of anilines is 2. The van der Waals surface area contributed by atoms with Crippen molar-refractivity contribution in [2.24, 2.45) is 0 Å². The first-order chi connectivity index (χ1) is 8.38. The smallest absolute Gasteiger partial charge is 0.226 e. The Morgan fingerprint density at radius 3 is 2.94 bits per heavy atom. The Balaban J connectivity index is 2.08. The topological polar surface area (TPSA) is 69.7 Å². The van der Waals surface area contributed by atoms with E-state index in [1.54, 1.807) is 6.20 Å². The lowest BCUT2D eigenvalue weighted by Crippen LogP contribution is -2.33. The first kappa shape index (κ1) is 10.6. The van der Waals surface area contributed by atoms with Gasteiger partial charge in [0.25, 0.3) is 0 Å². The largest absolute Gasteiger partial charge is 0.357 e. The van der Waals surface area contributed by atoms with Gasteiger partial charge in [-0.1, -0.05) is 0 Å². The van der Waals surface area contributed by atoms with Crippen LogP contribution < -0.4 is 10.2 Å². The highest BCUT2D eigenvalue weighted by atomic mass is 32.2. The fourth-order valence-corrected chi connectivity index (χ4v) is 2.85. The predicted octanol–water partition coefficient (Wildman–Crippen LogP) is 0.948. The lowest BCUT2D eigenvalue weighted by Gasteiger charge is -2.27.